The van der Waals surface area contributed by atoms with Gasteiger partial charge in [0, 0.05) is 34.6 Å². The molecule has 5 aromatic rings. The molecule has 0 spiro atoms. The highest BCUT2D eigenvalue weighted by atomic mass is 19.1. The van der Waals surface area contributed by atoms with E-state index >= 15 is 4.39 Å². The SMILES string of the molecule is CCOc1cc(OC(C)C)c(F)c(C(Nc2ccc(C(=N)N)cc2)c2nc(-c3ccccc3-c3ccccc3)c[nH]2)c1. The van der Waals surface area contributed by atoms with Crippen LogP contribution in [0.15, 0.2) is 97.2 Å². The largest absolute Gasteiger partial charge is 0.494 e. The molecular weight excluding hydrogens is 529 g/mol. The van der Waals surface area contributed by atoms with E-state index in [4.69, 9.17) is 25.6 Å². The zero-order chi connectivity index (χ0) is 29.6. The number of nitrogens with zero attached hydrogens (tertiary/aromatic N) is 1. The fraction of sp³-hybridized carbons (Fsp3) is 0.176. The first-order valence-corrected chi connectivity index (χ1v) is 13.9. The van der Waals surface area contributed by atoms with Crippen molar-refractivity contribution in [3.8, 4) is 33.9 Å². The molecule has 0 aliphatic rings. The molecule has 0 radical (unpaired) electrons. The average Bonchev–Trinajstić information content (AvgIpc) is 3.48. The van der Waals surface area contributed by atoms with Crippen molar-refractivity contribution < 1.29 is 13.9 Å². The molecule has 0 amide bonds. The van der Waals surface area contributed by atoms with Crippen molar-refractivity contribution in [1.29, 1.82) is 5.41 Å². The lowest BCUT2D eigenvalue weighted by molar-refractivity contribution is 0.228. The Morgan fingerprint density at radius 3 is 2.33 bits per heavy atom. The number of nitrogens with two attached hydrogens (primary N) is 1. The first-order chi connectivity index (χ1) is 20.3. The van der Waals surface area contributed by atoms with Crippen molar-refractivity contribution in [2.75, 3.05) is 11.9 Å². The second-order valence-electron chi connectivity index (χ2n) is 10.1. The summed E-state index contributed by atoms with van der Waals surface area (Å²) in [5.74, 6) is 0.561. The third-order valence-corrected chi connectivity index (χ3v) is 6.69. The number of imidazole rings is 1. The summed E-state index contributed by atoms with van der Waals surface area (Å²) in [5.41, 5.74) is 11.0. The van der Waals surface area contributed by atoms with E-state index in [1.54, 1.807) is 36.4 Å². The molecule has 0 saturated heterocycles. The van der Waals surface area contributed by atoms with Gasteiger partial charge in [0.2, 0.25) is 0 Å². The van der Waals surface area contributed by atoms with Crippen LogP contribution in [0.1, 0.15) is 43.8 Å². The van der Waals surface area contributed by atoms with Crippen LogP contribution >= 0.6 is 0 Å². The van der Waals surface area contributed by atoms with Crippen molar-refractivity contribution in [2.45, 2.75) is 32.9 Å². The topological polar surface area (TPSA) is 109 Å². The Hall–Kier alpha value is -5.11. The molecule has 0 bridgehead atoms. The van der Waals surface area contributed by atoms with Crippen LogP contribution < -0.4 is 20.5 Å². The van der Waals surface area contributed by atoms with E-state index in [-0.39, 0.29) is 17.7 Å². The first-order valence-electron chi connectivity index (χ1n) is 13.9. The van der Waals surface area contributed by atoms with Gasteiger partial charge in [0.25, 0.3) is 0 Å². The molecule has 5 rings (SSSR count). The van der Waals surface area contributed by atoms with Crippen molar-refractivity contribution in [1.82, 2.24) is 9.97 Å². The lowest BCUT2D eigenvalue weighted by Crippen LogP contribution is -2.18. The third-order valence-electron chi connectivity index (χ3n) is 6.69. The minimum Gasteiger partial charge on any atom is -0.494 e. The standard InChI is InChI=1S/C34H34FN5O2/c1-4-41-25-18-28(31(35)30(19-25)42-21(2)3)32(39-24-16-14-23(15-17-24)33(36)37)34-38-20-29(40-34)27-13-9-8-12-26(27)22-10-6-5-7-11-22/h5-21,32,39H,4H2,1-3H3,(H3,36,37)(H,38,40). The molecule has 0 aliphatic carbocycles. The number of amidine groups is 1. The average molecular weight is 564 g/mol. The van der Waals surface area contributed by atoms with Crippen LogP contribution in [-0.4, -0.2) is 28.5 Å². The Labute approximate surface area is 245 Å². The maximum atomic E-state index is 16.2. The monoisotopic (exact) mass is 563 g/mol. The summed E-state index contributed by atoms with van der Waals surface area (Å²) in [7, 11) is 0. The summed E-state index contributed by atoms with van der Waals surface area (Å²) in [6.07, 6.45) is 1.60. The smallest absolute Gasteiger partial charge is 0.171 e. The summed E-state index contributed by atoms with van der Waals surface area (Å²) in [4.78, 5) is 8.27. The molecule has 0 saturated carbocycles. The van der Waals surface area contributed by atoms with Gasteiger partial charge in [-0.15, -0.1) is 0 Å². The van der Waals surface area contributed by atoms with Gasteiger partial charge in [0.1, 0.15) is 23.5 Å². The molecule has 214 valence electrons. The summed E-state index contributed by atoms with van der Waals surface area (Å²) in [6, 6.07) is 27.8. The number of hydrogen-bond acceptors (Lipinski definition) is 5. The minimum atomic E-state index is -0.735. The number of aromatic nitrogens is 2. The van der Waals surface area contributed by atoms with Gasteiger partial charge < -0.3 is 25.5 Å². The predicted octanol–water partition coefficient (Wildman–Crippen LogP) is 7.55. The van der Waals surface area contributed by atoms with Crippen molar-refractivity contribution in [2.24, 2.45) is 5.73 Å². The van der Waals surface area contributed by atoms with E-state index in [0.717, 1.165) is 22.4 Å². The van der Waals surface area contributed by atoms with Crippen molar-refractivity contribution in [3.63, 3.8) is 0 Å². The molecule has 1 unspecified atom stereocenters. The van der Waals surface area contributed by atoms with E-state index in [1.807, 2.05) is 63.4 Å². The molecular formula is C34H34FN5O2. The Balaban J connectivity index is 1.62. The highest BCUT2D eigenvalue weighted by Gasteiger charge is 2.26. The van der Waals surface area contributed by atoms with Gasteiger partial charge >= 0.3 is 0 Å². The predicted molar refractivity (Wildman–Crippen MR) is 166 cm³/mol. The van der Waals surface area contributed by atoms with Crippen LogP contribution in [-0.2, 0) is 0 Å². The minimum absolute atomic E-state index is 0.0307. The Morgan fingerprint density at radius 2 is 1.67 bits per heavy atom. The van der Waals surface area contributed by atoms with Gasteiger partial charge in [-0.3, -0.25) is 5.41 Å². The summed E-state index contributed by atoms with van der Waals surface area (Å²) >= 11 is 0. The van der Waals surface area contributed by atoms with E-state index in [1.165, 1.54) is 0 Å². The number of halogens is 1. The number of ether oxygens (including phenoxy) is 2. The van der Waals surface area contributed by atoms with Gasteiger partial charge in [0.05, 0.1) is 18.4 Å². The highest BCUT2D eigenvalue weighted by molar-refractivity contribution is 5.95. The number of rotatable bonds is 11. The van der Waals surface area contributed by atoms with Crippen LogP contribution in [0.5, 0.6) is 11.5 Å². The van der Waals surface area contributed by atoms with Crippen LogP contribution in [0.25, 0.3) is 22.4 Å². The zero-order valence-corrected chi connectivity index (χ0v) is 23.8. The third kappa shape index (κ3) is 6.28. The van der Waals surface area contributed by atoms with E-state index in [9.17, 15) is 0 Å². The molecule has 1 heterocycles. The first kappa shape index (κ1) is 28.4. The van der Waals surface area contributed by atoms with Gasteiger partial charge in [-0.1, -0.05) is 54.6 Å². The molecule has 4 aromatic carbocycles. The molecule has 7 nitrogen and oxygen atoms in total. The molecule has 42 heavy (non-hydrogen) atoms. The normalized spacial score (nSPS) is 11.7. The number of H-pyrrole nitrogens is 1. The fourth-order valence-corrected chi connectivity index (χ4v) is 4.80. The summed E-state index contributed by atoms with van der Waals surface area (Å²) < 4.78 is 27.8. The van der Waals surface area contributed by atoms with Gasteiger partial charge in [0.15, 0.2) is 11.6 Å². The molecule has 1 aromatic heterocycles. The Kier molecular flexibility index (Phi) is 8.52. The summed E-state index contributed by atoms with van der Waals surface area (Å²) in [6.45, 7) is 5.99. The quantitative estimate of drug-likeness (QED) is 0.0980. The van der Waals surface area contributed by atoms with E-state index in [2.05, 4.69) is 28.5 Å². The maximum Gasteiger partial charge on any atom is 0.171 e. The Bertz CT molecular complexity index is 1670. The van der Waals surface area contributed by atoms with E-state index < -0.39 is 11.9 Å². The van der Waals surface area contributed by atoms with Gasteiger partial charge in [-0.2, -0.15) is 0 Å². The second kappa shape index (κ2) is 12.6. The number of hydrogen-bond donors (Lipinski definition) is 4. The van der Waals surface area contributed by atoms with Crippen LogP contribution in [0.4, 0.5) is 10.1 Å². The molecule has 8 heteroatoms. The van der Waals surface area contributed by atoms with Crippen molar-refractivity contribution in [3.05, 3.63) is 120 Å². The van der Waals surface area contributed by atoms with Crippen LogP contribution in [0.3, 0.4) is 0 Å². The number of benzene rings is 4. The number of nitrogen functional groups attached to an aromatic ring is 1. The lowest BCUT2D eigenvalue weighted by atomic mass is 9.98. The molecule has 1 atom stereocenters. The number of nitrogens with one attached hydrogen (secondary N) is 3. The van der Waals surface area contributed by atoms with Crippen LogP contribution in [0, 0.1) is 11.2 Å². The lowest BCUT2D eigenvalue weighted by Gasteiger charge is -2.22. The zero-order valence-electron chi connectivity index (χ0n) is 23.8. The molecule has 0 aliphatic heterocycles. The molecule has 5 N–H and O–H groups in total. The van der Waals surface area contributed by atoms with Crippen LogP contribution in [0.2, 0.25) is 0 Å². The van der Waals surface area contributed by atoms with Gasteiger partial charge in [-0.05, 0) is 62.2 Å². The van der Waals surface area contributed by atoms with Crippen molar-refractivity contribution >= 4 is 11.5 Å². The fourth-order valence-electron chi connectivity index (χ4n) is 4.80. The highest BCUT2D eigenvalue weighted by Crippen LogP contribution is 2.37. The summed E-state index contributed by atoms with van der Waals surface area (Å²) in [5, 5.41) is 11.1. The maximum absolute atomic E-state index is 16.2. The van der Waals surface area contributed by atoms with Gasteiger partial charge in [-0.25, -0.2) is 9.37 Å². The second-order valence-corrected chi connectivity index (χ2v) is 10.1. The number of aromatic amines is 1. The molecule has 0 fully saturated rings. The van der Waals surface area contributed by atoms with E-state index in [0.29, 0.717) is 35.0 Å². The Morgan fingerprint density at radius 1 is 0.976 bits per heavy atom. The number of anilines is 1.